The molecule has 2 aromatic rings. The lowest BCUT2D eigenvalue weighted by Gasteiger charge is -2.34. The number of aromatic nitrogens is 3. The van der Waals surface area contributed by atoms with E-state index in [0.717, 1.165) is 13.0 Å². The molecule has 3 N–H and O–H groups in total. The minimum atomic E-state index is 0.228. The van der Waals surface area contributed by atoms with Gasteiger partial charge in [-0.25, -0.2) is 15.1 Å². The normalized spacial score (nSPS) is 33.0. The molecule has 0 spiro atoms. The Bertz CT molecular complexity index is 554. The molecule has 0 aliphatic carbocycles. The first-order chi connectivity index (χ1) is 9.92. The molecule has 2 aliphatic heterocycles. The summed E-state index contributed by atoms with van der Waals surface area (Å²) in [5.74, 6) is 0.549. The summed E-state index contributed by atoms with van der Waals surface area (Å²) >= 11 is 0. The molecule has 1 aromatic heterocycles. The molecule has 0 bridgehead atoms. The van der Waals surface area contributed by atoms with Gasteiger partial charge in [-0.3, -0.25) is 10.7 Å². The third-order valence-electron chi connectivity index (χ3n) is 4.35. The van der Waals surface area contributed by atoms with Gasteiger partial charge in [-0.2, -0.15) is 5.10 Å². The van der Waals surface area contributed by atoms with Gasteiger partial charge < -0.3 is 0 Å². The Morgan fingerprint density at radius 3 is 2.85 bits per heavy atom. The molecule has 0 amide bonds. The Morgan fingerprint density at radius 1 is 1.15 bits per heavy atom. The second-order valence-corrected chi connectivity index (χ2v) is 5.48. The van der Waals surface area contributed by atoms with Gasteiger partial charge in [0.1, 0.15) is 18.8 Å². The summed E-state index contributed by atoms with van der Waals surface area (Å²) in [6.07, 6.45) is 4.64. The van der Waals surface area contributed by atoms with Gasteiger partial charge in [0, 0.05) is 18.5 Å². The van der Waals surface area contributed by atoms with E-state index >= 15 is 0 Å². The topological polar surface area (TPSA) is 66.8 Å². The second kappa shape index (κ2) is 4.97. The van der Waals surface area contributed by atoms with Crippen molar-refractivity contribution in [2.24, 2.45) is 5.92 Å². The van der Waals surface area contributed by atoms with Crippen LogP contribution in [0.3, 0.4) is 0 Å². The van der Waals surface area contributed by atoms with Crippen molar-refractivity contribution in [1.29, 1.82) is 0 Å². The number of fused-ring (bicyclic) bond motifs is 1. The highest BCUT2D eigenvalue weighted by molar-refractivity contribution is 5.22. The van der Waals surface area contributed by atoms with E-state index in [-0.39, 0.29) is 6.17 Å². The van der Waals surface area contributed by atoms with Crippen LogP contribution in [0.15, 0.2) is 43.0 Å². The van der Waals surface area contributed by atoms with Gasteiger partial charge in [0.05, 0.1) is 6.04 Å². The van der Waals surface area contributed by atoms with E-state index in [9.17, 15) is 0 Å². The fourth-order valence-corrected chi connectivity index (χ4v) is 3.32. The molecule has 3 heterocycles. The van der Waals surface area contributed by atoms with Crippen LogP contribution in [0.2, 0.25) is 0 Å². The smallest absolute Gasteiger partial charge is 0.137 e. The molecule has 2 fully saturated rings. The van der Waals surface area contributed by atoms with Crippen LogP contribution in [0.5, 0.6) is 0 Å². The number of nitrogens with zero attached hydrogens (tertiary/aromatic N) is 3. The van der Waals surface area contributed by atoms with Crippen LogP contribution in [0.4, 0.5) is 0 Å². The quantitative estimate of drug-likeness (QED) is 0.746. The molecule has 4 unspecified atom stereocenters. The average Bonchev–Trinajstić information content (AvgIpc) is 3.17. The zero-order valence-corrected chi connectivity index (χ0v) is 11.1. The van der Waals surface area contributed by atoms with Gasteiger partial charge in [-0.05, 0) is 12.0 Å². The number of rotatable bonds is 2. The van der Waals surface area contributed by atoms with Crippen molar-refractivity contribution in [3.05, 3.63) is 48.5 Å². The van der Waals surface area contributed by atoms with E-state index in [1.54, 1.807) is 12.7 Å². The zero-order chi connectivity index (χ0) is 13.4. The maximum atomic E-state index is 4.25. The van der Waals surface area contributed by atoms with Gasteiger partial charge in [0.2, 0.25) is 0 Å². The highest BCUT2D eigenvalue weighted by Crippen LogP contribution is 2.36. The Morgan fingerprint density at radius 2 is 2.05 bits per heavy atom. The van der Waals surface area contributed by atoms with Gasteiger partial charge in [-0.15, -0.1) is 0 Å². The molecule has 2 aliphatic rings. The minimum absolute atomic E-state index is 0.228. The van der Waals surface area contributed by atoms with Crippen LogP contribution in [-0.2, 0) is 0 Å². The van der Waals surface area contributed by atoms with Crippen molar-refractivity contribution >= 4 is 0 Å². The minimum Gasteiger partial charge on any atom is -0.294 e. The van der Waals surface area contributed by atoms with Crippen molar-refractivity contribution in [3.8, 4) is 0 Å². The maximum absolute atomic E-state index is 4.25. The molecule has 104 valence electrons. The van der Waals surface area contributed by atoms with Crippen molar-refractivity contribution in [3.63, 3.8) is 0 Å². The Hall–Kier alpha value is -1.76. The maximum Gasteiger partial charge on any atom is 0.137 e. The fraction of sp³-hybridized carbons (Fsp3) is 0.429. The van der Waals surface area contributed by atoms with E-state index in [1.165, 1.54) is 5.56 Å². The number of hydrogen-bond acceptors (Lipinski definition) is 5. The number of hydrazine groups is 1. The van der Waals surface area contributed by atoms with Crippen molar-refractivity contribution < 1.29 is 0 Å². The van der Waals surface area contributed by atoms with Gasteiger partial charge in [0.15, 0.2) is 0 Å². The molecule has 2 saturated heterocycles. The standard InChI is InChI=1S/C14H18N6/c1-2-4-10(5-3-1)14-11-6-13(20-9-15-8-17-20)16-7-12(11)18-19-14/h1-5,8-9,11-14,16,18-19H,6-7H2. The van der Waals surface area contributed by atoms with E-state index in [1.807, 2.05) is 4.68 Å². The third kappa shape index (κ3) is 2.02. The lowest BCUT2D eigenvalue weighted by atomic mass is 9.84. The molecule has 0 radical (unpaired) electrons. The summed E-state index contributed by atoms with van der Waals surface area (Å²) in [5.41, 5.74) is 8.20. The number of nitrogens with one attached hydrogen (secondary N) is 3. The van der Waals surface area contributed by atoms with Crippen LogP contribution >= 0.6 is 0 Å². The third-order valence-corrected chi connectivity index (χ3v) is 4.35. The highest BCUT2D eigenvalue weighted by Gasteiger charge is 2.41. The van der Waals surface area contributed by atoms with Gasteiger partial charge >= 0.3 is 0 Å². The zero-order valence-electron chi connectivity index (χ0n) is 11.1. The molecular formula is C14H18N6. The summed E-state index contributed by atoms with van der Waals surface area (Å²) in [7, 11) is 0. The van der Waals surface area contributed by atoms with Crippen LogP contribution < -0.4 is 16.2 Å². The molecular weight excluding hydrogens is 252 g/mol. The predicted octanol–water partition coefficient (Wildman–Crippen LogP) is 0.604. The summed E-state index contributed by atoms with van der Waals surface area (Å²) in [6.45, 7) is 0.936. The van der Waals surface area contributed by atoms with E-state index in [0.29, 0.717) is 18.0 Å². The Kier molecular flexibility index (Phi) is 2.99. The molecule has 6 heteroatoms. The average molecular weight is 270 g/mol. The summed E-state index contributed by atoms with van der Waals surface area (Å²) in [5, 5.41) is 7.78. The van der Waals surface area contributed by atoms with E-state index < -0.39 is 0 Å². The van der Waals surface area contributed by atoms with Gasteiger partial charge in [-0.1, -0.05) is 30.3 Å². The van der Waals surface area contributed by atoms with Crippen LogP contribution in [0, 0.1) is 5.92 Å². The monoisotopic (exact) mass is 270 g/mol. The highest BCUT2D eigenvalue weighted by atomic mass is 15.5. The summed E-state index contributed by atoms with van der Waals surface area (Å²) < 4.78 is 1.91. The van der Waals surface area contributed by atoms with E-state index in [2.05, 4.69) is 56.6 Å². The van der Waals surface area contributed by atoms with Gasteiger partial charge in [0.25, 0.3) is 0 Å². The van der Waals surface area contributed by atoms with Crippen molar-refractivity contribution in [2.45, 2.75) is 24.7 Å². The Labute approximate surface area is 117 Å². The van der Waals surface area contributed by atoms with Crippen LogP contribution in [0.25, 0.3) is 0 Å². The second-order valence-electron chi connectivity index (χ2n) is 5.48. The van der Waals surface area contributed by atoms with Crippen LogP contribution in [0.1, 0.15) is 24.2 Å². The van der Waals surface area contributed by atoms with Crippen molar-refractivity contribution in [1.82, 2.24) is 30.9 Å². The first kappa shape index (κ1) is 12.0. The fourth-order valence-electron chi connectivity index (χ4n) is 3.32. The van der Waals surface area contributed by atoms with Crippen LogP contribution in [-0.4, -0.2) is 27.4 Å². The number of piperidine rings is 1. The number of benzene rings is 1. The summed E-state index contributed by atoms with van der Waals surface area (Å²) in [4.78, 5) is 4.04. The number of hydrogen-bond donors (Lipinski definition) is 3. The molecule has 0 saturated carbocycles. The first-order valence-electron chi connectivity index (χ1n) is 7.05. The summed E-state index contributed by atoms with van der Waals surface area (Å²) in [6, 6.07) is 11.4. The van der Waals surface area contributed by atoms with Crippen molar-refractivity contribution in [2.75, 3.05) is 6.54 Å². The SMILES string of the molecule is c1ccc(C2NNC3CNC(n4cncn4)CC32)cc1. The molecule has 6 nitrogen and oxygen atoms in total. The predicted molar refractivity (Wildman–Crippen MR) is 74.4 cm³/mol. The molecule has 4 atom stereocenters. The van der Waals surface area contributed by atoms with E-state index in [4.69, 9.17) is 0 Å². The first-order valence-corrected chi connectivity index (χ1v) is 7.05. The lowest BCUT2D eigenvalue weighted by Crippen LogP contribution is -2.48. The Balaban J connectivity index is 1.57. The molecule has 1 aromatic carbocycles. The largest absolute Gasteiger partial charge is 0.294 e. The lowest BCUT2D eigenvalue weighted by molar-refractivity contribution is 0.205. The molecule has 20 heavy (non-hydrogen) atoms. The molecule has 4 rings (SSSR count).